The maximum atomic E-state index is 5.67. The van der Waals surface area contributed by atoms with Crippen molar-refractivity contribution >= 4 is 53.5 Å². The van der Waals surface area contributed by atoms with Crippen LogP contribution in [0.2, 0.25) is 0 Å². The average Bonchev–Trinajstić information content (AvgIpc) is 2.37. The molecule has 0 unspecified atom stereocenters. The summed E-state index contributed by atoms with van der Waals surface area (Å²) in [6, 6.07) is 13.8. The van der Waals surface area contributed by atoms with Crippen molar-refractivity contribution in [2.45, 2.75) is 0 Å². The molecule has 2 aromatic rings. The summed E-state index contributed by atoms with van der Waals surface area (Å²) in [6.07, 6.45) is 0. The number of ether oxygens (including phenoxy) is 1. The molecule has 0 aromatic heterocycles. The van der Waals surface area contributed by atoms with Gasteiger partial charge in [0.15, 0.2) is 0 Å². The van der Waals surface area contributed by atoms with Crippen LogP contribution in [0.5, 0.6) is 5.75 Å². The van der Waals surface area contributed by atoms with Gasteiger partial charge in [-0.15, -0.1) is 0 Å². The molecule has 0 atom stereocenters. The Kier molecular flexibility index (Phi) is 5.73. The number of hydrogen-bond acceptors (Lipinski definition) is 2. The Labute approximate surface area is 137 Å². The van der Waals surface area contributed by atoms with E-state index in [4.69, 9.17) is 4.74 Å². The SMILES string of the molecule is Brc1cccc(OCCNc2c(Br)cccc2Br)c1. The molecule has 2 rings (SSSR count). The number of para-hydroxylation sites is 1. The third-order valence-corrected chi connectivity index (χ3v) is 4.25. The van der Waals surface area contributed by atoms with E-state index in [1.807, 2.05) is 42.5 Å². The summed E-state index contributed by atoms with van der Waals surface area (Å²) in [7, 11) is 0. The quantitative estimate of drug-likeness (QED) is 0.611. The van der Waals surface area contributed by atoms with Gasteiger partial charge in [0.05, 0.1) is 5.69 Å². The molecule has 100 valence electrons. The summed E-state index contributed by atoms with van der Waals surface area (Å²) in [4.78, 5) is 0. The molecule has 0 fully saturated rings. The van der Waals surface area contributed by atoms with Gasteiger partial charge in [0.2, 0.25) is 0 Å². The van der Waals surface area contributed by atoms with Gasteiger partial charge in [-0.1, -0.05) is 28.1 Å². The third-order valence-electron chi connectivity index (χ3n) is 2.43. The smallest absolute Gasteiger partial charge is 0.120 e. The molecule has 5 heteroatoms. The standard InChI is InChI=1S/C14H12Br3NO/c15-10-3-1-4-11(9-10)19-8-7-18-14-12(16)5-2-6-13(14)17/h1-6,9,18H,7-8H2. The summed E-state index contributed by atoms with van der Waals surface area (Å²) in [6.45, 7) is 1.33. The minimum atomic E-state index is 0.601. The van der Waals surface area contributed by atoms with Crippen LogP contribution in [0.3, 0.4) is 0 Å². The van der Waals surface area contributed by atoms with Crippen molar-refractivity contribution in [3.63, 3.8) is 0 Å². The second-order valence-corrected chi connectivity index (χ2v) is 6.45. The fourth-order valence-electron chi connectivity index (χ4n) is 1.57. The van der Waals surface area contributed by atoms with E-state index in [0.29, 0.717) is 6.61 Å². The molecule has 19 heavy (non-hydrogen) atoms. The molecule has 0 radical (unpaired) electrons. The van der Waals surface area contributed by atoms with Gasteiger partial charge in [-0.25, -0.2) is 0 Å². The third kappa shape index (κ3) is 4.51. The van der Waals surface area contributed by atoms with E-state index in [9.17, 15) is 0 Å². The molecule has 0 aliphatic carbocycles. The topological polar surface area (TPSA) is 21.3 Å². The monoisotopic (exact) mass is 447 g/mol. The molecule has 2 nitrogen and oxygen atoms in total. The second kappa shape index (κ2) is 7.31. The van der Waals surface area contributed by atoms with Crippen LogP contribution in [0.25, 0.3) is 0 Å². The van der Waals surface area contributed by atoms with Crippen molar-refractivity contribution in [3.8, 4) is 5.75 Å². The first kappa shape index (κ1) is 14.9. The van der Waals surface area contributed by atoms with Crippen LogP contribution in [-0.2, 0) is 0 Å². The first-order chi connectivity index (χ1) is 9.16. The highest BCUT2D eigenvalue weighted by Crippen LogP contribution is 2.30. The van der Waals surface area contributed by atoms with E-state index in [2.05, 4.69) is 53.1 Å². The number of rotatable bonds is 5. The maximum Gasteiger partial charge on any atom is 0.120 e. The predicted octanol–water partition coefficient (Wildman–Crippen LogP) is 5.47. The van der Waals surface area contributed by atoms with Gasteiger partial charge in [-0.05, 0) is 62.2 Å². The first-order valence-corrected chi connectivity index (χ1v) is 8.11. The summed E-state index contributed by atoms with van der Waals surface area (Å²) in [5, 5.41) is 3.34. The molecular formula is C14H12Br3NO. The zero-order chi connectivity index (χ0) is 13.7. The Morgan fingerprint density at radius 3 is 2.32 bits per heavy atom. The number of benzene rings is 2. The van der Waals surface area contributed by atoms with Crippen molar-refractivity contribution in [1.29, 1.82) is 0 Å². The molecular weight excluding hydrogens is 438 g/mol. The van der Waals surface area contributed by atoms with Gasteiger partial charge in [-0.3, -0.25) is 0 Å². The average molecular weight is 450 g/mol. The van der Waals surface area contributed by atoms with Crippen LogP contribution in [0, 0.1) is 0 Å². The fraction of sp³-hybridized carbons (Fsp3) is 0.143. The molecule has 0 bridgehead atoms. The normalized spacial score (nSPS) is 10.3. The maximum absolute atomic E-state index is 5.67. The molecule has 0 aliphatic heterocycles. The van der Waals surface area contributed by atoms with E-state index in [1.54, 1.807) is 0 Å². The molecule has 0 spiro atoms. The zero-order valence-corrected chi connectivity index (χ0v) is 14.8. The van der Waals surface area contributed by atoms with E-state index in [-0.39, 0.29) is 0 Å². The predicted molar refractivity (Wildman–Crippen MR) is 90.0 cm³/mol. The highest BCUT2D eigenvalue weighted by molar-refractivity contribution is 9.11. The minimum Gasteiger partial charge on any atom is -0.492 e. The molecule has 1 N–H and O–H groups in total. The van der Waals surface area contributed by atoms with E-state index in [0.717, 1.165) is 31.4 Å². The summed E-state index contributed by atoms with van der Waals surface area (Å²) in [5.74, 6) is 0.863. The Morgan fingerprint density at radius 1 is 0.947 bits per heavy atom. The molecule has 0 aliphatic rings. The summed E-state index contributed by atoms with van der Waals surface area (Å²) in [5.41, 5.74) is 1.04. The lowest BCUT2D eigenvalue weighted by molar-refractivity contribution is 0.332. The Balaban J connectivity index is 1.84. The van der Waals surface area contributed by atoms with Crippen molar-refractivity contribution < 1.29 is 4.74 Å². The van der Waals surface area contributed by atoms with Crippen LogP contribution in [0.1, 0.15) is 0 Å². The molecule has 0 heterocycles. The first-order valence-electron chi connectivity index (χ1n) is 5.73. The highest BCUT2D eigenvalue weighted by Gasteiger charge is 2.03. The van der Waals surface area contributed by atoms with Crippen molar-refractivity contribution in [3.05, 3.63) is 55.9 Å². The van der Waals surface area contributed by atoms with Crippen LogP contribution >= 0.6 is 47.8 Å². The van der Waals surface area contributed by atoms with Gasteiger partial charge in [0, 0.05) is 20.0 Å². The fourth-order valence-corrected chi connectivity index (χ4v) is 3.23. The van der Waals surface area contributed by atoms with E-state index < -0.39 is 0 Å². The molecule has 0 saturated carbocycles. The Morgan fingerprint density at radius 2 is 1.63 bits per heavy atom. The number of anilines is 1. The van der Waals surface area contributed by atoms with Crippen LogP contribution in [0.15, 0.2) is 55.9 Å². The number of hydrogen-bond donors (Lipinski definition) is 1. The zero-order valence-electron chi connectivity index (χ0n) is 10.00. The van der Waals surface area contributed by atoms with E-state index in [1.165, 1.54) is 0 Å². The van der Waals surface area contributed by atoms with Crippen molar-refractivity contribution in [2.24, 2.45) is 0 Å². The molecule has 2 aromatic carbocycles. The summed E-state index contributed by atoms with van der Waals surface area (Å²) < 4.78 is 8.75. The lowest BCUT2D eigenvalue weighted by Gasteiger charge is -2.11. The van der Waals surface area contributed by atoms with Crippen molar-refractivity contribution in [2.75, 3.05) is 18.5 Å². The Bertz CT molecular complexity index is 540. The molecule has 0 amide bonds. The minimum absolute atomic E-state index is 0.601. The van der Waals surface area contributed by atoms with Crippen LogP contribution in [-0.4, -0.2) is 13.2 Å². The Hall–Kier alpha value is -0.520. The van der Waals surface area contributed by atoms with Gasteiger partial charge in [0.25, 0.3) is 0 Å². The van der Waals surface area contributed by atoms with Gasteiger partial charge < -0.3 is 10.1 Å². The highest BCUT2D eigenvalue weighted by atomic mass is 79.9. The second-order valence-electron chi connectivity index (χ2n) is 3.83. The van der Waals surface area contributed by atoms with E-state index >= 15 is 0 Å². The lowest BCUT2D eigenvalue weighted by atomic mass is 10.3. The van der Waals surface area contributed by atoms with Gasteiger partial charge >= 0.3 is 0 Å². The summed E-state index contributed by atoms with van der Waals surface area (Å²) >= 11 is 10.4. The van der Waals surface area contributed by atoms with Crippen LogP contribution in [0.4, 0.5) is 5.69 Å². The lowest BCUT2D eigenvalue weighted by Crippen LogP contribution is -2.12. The van der Waals surface area contributed by atoms with Gasteiger partial charge in [0.1, 0.15) is 12.4 Å². The molecule has 0 saturated heterocycles. The number of nitrogens with one attached hydrogen (secondary N) is 1. The largest absolute Gasteiger partial charge is 0.492 e. The van der Waals surface area contributed by atoms with Gasteiger partial charge in [-0.2, -0.15) is 0 Å². The number of halogens is 3. The van der Waals surface area contributed by atoms with Crippen molar-refractivity contribution in [1.82, 2.24) is 0 Å². The van der Waals surface area contributed by atoms with Crippen LogP contribution < -0.4 is 10.1 Å².